The normalized spacial score (nSPS) is 21.7. The van der Waals surface area contributed by atoms with E-state index in [1.54, 1.807) is 5.38 Å². The van der Waals surface area contributed by atoms with Crippen molar-refractivity contribution in [3.63, 3.8) is 0 Å². The van der Waals surface area contributed by atoms with Crippen LogP contribution in [0.3, 0.4) is 0 Å². The minimum absolute atomic E-state index is 0. The lowest BCUT2D eigenvalue weighted by molar-refractivity contribution is -0.150. The second-order valence-electron chi connectivity index (χ2n) is 4.97. The molecule has 2 aliphatic heterocycles. The zero-order chi connectivity index (χ0) is 18.1. The summed E-state index contributed by atoms with van der Waals surface area (Å²) in [6, 6.07) is -0.849. The molecule has 2 atom stereocenters. The van der Waals surface area contributed by atoms with Crippen LogP contribution in [0.15, 0.2) is 22.3 Å². The summed E-state index contributed by atoms with van der Waals surface area (Å²) in [6.45, 7) is 0. The van der Waals surface area contributed by atoms with Gasteiger partial charge in [-0.3, -0.25) is 14.5 Å². The van der Waals surface area contributed by atoms with Gasteiger partial charge < -0.3 is 21.0 Å². The maximum Gasteiger partial charge on any atom is 0.352 e. The summed E-state index contributed by atoms with van der Waals surface area (Å²) >= 11 is 2.49. The van der Waals surface area contributed by atoms with Crippen LogP contribution in [0.1, 0.15) is 5.69 Å². The summed E-state index contributed by atoms with van der Waals surface area (Å²) in [6.07, 6.45) is 1.47. The predicted octanol–water partition coefficient (Wildman–Crippen LogP) is -0.134. The number of fused-ring (bicyclic) bond motifs is 1. The average molecular weight is 420 g/mol. The first-order chi connectivity index (χ1) is 11.9. The lowest BCUT2D eigenvalue weighted by Crippen LogP contribution is -2.70. The number of nitrogens with two attached hydrogens (primary N) is 1. The number of carboxylic acid groups (broad SMARTS) is 1. The van der Waals surface area contributed by atoms with Crippen molar-refractivity contribution in [3.05, 3.63) is 22.8 Å². The Bertz CT molecular complexity index is 811. The first-order valence-corrected chi connectivity index (χ1v) is 8.88. The number of carbonyl (C=O) groups excluding carboxylic acids is 2. The standard InChI is InChI=1S/C13H13N5O5S2.ClH/c1-23-17-7(5-4-25-13(14)15-5)9(19)16-8-10(20)18-6(12(21)22)2-3-24-11(8)18;/h2,4,8,11H,3H2,1H3,(H2,14,15)(H,16,19)(H,21,22);1H/b17-7+;/t8-,11-;/m1./s1. The summed E-state index contributed by atoms with van der Waals surface area (Å²) in [7, 11) is 1.28. The van der Waals surface area contributed by atoms with Gasteiger partial charge in [-0.15, -0.1) is 35.5 Å². The molecular weight excluding hydrogens is 406 g/mol. The van der Waals surface area contributed by atoms with Gasteiger partial charge in [-0.25, -0.2) is 9.78 Å². The van der Waals surface area contributed by atoms with Gasteiger partial charge in [0.1, 0.15) is 29.9 Å². The second-order valence-corrected chi connectivity index (χ2v) is 7.01. The van der Waals surface area contributed by atoms with Gasteiger partial charge in [0.2, 0.25) is 0 Å². The number of carboxylic acids is 1. The van der Waals surface area contributed by atoms with E-state index in [-0.39, 0.29) is 34.6 Å². The second kappa shape index (κ2) is 7.93. The van der Waals surface area contributed by atoms with Crippen molar-refractivity contribution in [1.82, 2.24) is 15.2 Å². The van der Waals surface area contributed by atoms with Crippen LogP contribution in [0.4, 0.5) is 5.13 Å². The zero-order valence-electron chi connectivity index (χ0n) is 13.2. The van der Waals surface area contributed by atoms with Crippen LogP contribution in [-0.4, -0.2) is 62.8 Å². The number of oxime groups is 1. The molecule has 0 saturated carbocycles. The van der Waals surface area contributed by atoms with E-state index >= 15 is 0 Å². The van der Waals surface area contributed by atoms with E-state index in [9.17, 15) is 14.4 Å². The van der Waals surface area contributed by atoms with Crippen LogP contribution in [0.2, 0.25) is 0 Å². The third-order valence-corrected chi connectivity index (χ3v) is 5.37. The number of hydrogen-bond acceptors (Lipinski definition) is 9. The third-order valence-electron chi connectivity index (χ3n) is 3.51. The molecule has 1 fully saturated rings. The van der Waals surface area contributed by atoms with Crippen molar-refractivity contribution in [2.24, 2.45) is 5.16 Å². The van der Waals surface area contributed by atoms with Crippen LogP contribution < -0.4 is 11.1 Å². The Balaban J connectivity index is 0.00000243. The molecule has 1 aromatic heterocycles. The van der Waals surface area contributed by atoms with E-state index in [1.165, 1.54) is 24.9 Å². The predicted molar refractivity (Wildman–Crippen MR) is 98.1 cm³/mol. The van der Waals surface area contributed by atoms with Gasteiger partial charge >= 0.3 is 5.97 Å². The number of nitrogens with one attached hydrogen (secondary N) is 1. The number of thioether (sulfide) groups is 1. The molecule has 3 heterocycles. The number of thiazole rings is 1. The number of carbonyl (C=O) groups is 3. The first kappa shape index (κ1) is 20.0. The zero-order valence-corrected chi connectivity index (χ0v) is 15.7. The molecule has 0 radical (unpaired) electrons. The highest BCUT2D eigenvalue weighted by Gasteiger charge is 2.53. The molecule has 0 spiro atoms. The molecule has 1 saturated heterocycles. The van der Waals surface area contributed by atoms with Gasteiger partial charge in [0.05, 0.1) is 0 Å². The summed E-state index contributed by atoms with van der Waals surface area (Å²) in [4.78, 5) is 45.7. The Hall–Kier alpha value is -2.31. The van der Waals surface area contributed by atoms with E-state index in [1.807, 2.05) is 0 Å². The van der Waals surface area contributed by atoms with Gasteiger partial charge in [0, 0.05) is 11.1 Å². The van der Waals surface area contributed by atoms with Gasteiger partial charge in [0.15, 0.2) is 10.8 Å². The maximum absolute atomic E-state index is 12.5. The minimum Gasteiger partial charge on any atom is -0.477 e. The van der Waals surface area contributed by atoms with Crippen LogP contribution in [0.25, 0.3) is 0 Å². The fourth-order valence-electron chi connectivity index (χ4n) is 2.44. The minimum atomic E-state index is -1.18. The Kier molecular flexibility index (Phi) is 6.10. The van der Waals surface area contributed by atoms with Gasteiger partial charge in [0.25, 0.3) is 11.8 Å². The fourth-order valence-corrected chi connectivity index (χ4v) is 4.18. The van der Waals surface area contributed by atoms with Gasteiger partial charge in [-0.05, 0) is 6.08 Å². The van der Waals surface area contributed by atoms with Crippen molar-refractivity contribution < 1.29 is 24.3 Å². The highest BCUT2D eigenvalue weighted by atomic mass is 35.5. The Morgan fingerprint density at radius 3 is 2.85 bits per heavy atom. The number of aliphatic carboxylic acids is 1. The SMILES string of the molecule is CO/N=C(/C(=O)N[C@@H]1C(=O)N2C(C(=O)O)=CCS[C@H]12)c1csc(N)n1.Cl. The maximum atomic E-state index is 12.5. The number of rotatable bonds is 5. The number of aromatic nitrogens is 1. The molecule has 0 aliphatic carbocycles. The molecule has 1 aromatic rings. The van der Waals surface area contributed by atoms with Gasteiger partial charge in [-0.2, -0.15) is 0 Å². The number of nitrogens with zero attached hydrogens (tertiary/aromatic N) is 3. The number of amides is 2. The Morgan fingerprint density at radius 1 is 1.54 bits per heavy atom. The van der Waals surface area contributed by atoms with E-state index in [0.717, 1.165) is 16.2 Å². The molecule has 0 bridgehead atoms. The smallest absolute Gasteiger partial charge is 0.352 e. The van der Waals surface area contributed by atoms with Crippen LogP contribution in [0.5, 0.6) is 0 Å². The quantitative estimate of drug-likeness (QED) is 0.339. The lowest BCUT2D eigenvalue weighted by Gasteiger charge is -2.48. The van der Waals surface area contributed by atoms with Gasteiger partial charge in [-0.1, -0.05) is 5.16 Å². The molecule has 0 aromatic carbocycles. The molecule has 2 aliphatic rings. The first-order valence-electron chi connectivity index (χ1n) is 6.95. The van der Waals surface area contributed by atoms with Crippen LogP contribution >= 0.6 is 35.5 Å². The van der Waals surface area contributed by atoms with E-state index < -0.39 is 29.2 Å². The molecular formula is C13H14ClN5O5S2. The molecule has 0 unspecified atom stereocenters. The van der Waals surface area contributed by atoms with Crippen molar-refractivity contribution in [2.45, 2.75) is 11.4 Å². The molecule has 26 heavy (non-hydrogen) atoms. The summed E-state index contributed by atoms with van der Waals surface area (Å²) in [5, 5.41) is 16.7. The molecule has 4 N–H and O–H groups in total. The molecule has 140 valence electrons. The lowest BCUT2D eigenvalue weighted by atomic mass is 10.0. The highest BCUT2D eigenvalue weighted by molar-refractivity contribution is 8.00. The summed E-state index contributed by atoms with van der Waals surface area (Å²) in [5.41, 5.74) is 5.60. The largest absolute Gasteiger partial charge is 0.477 e. The van der Waals surface area contributed by atoms with Crippen molar-refractivity contribution in [3.8, 4) is 0 Å². The number of nitrogen functional groups attached to an aromatic ring is 1. The fraction of sp³-hybridized carbons (Fsp3) is 0.308. The Labute approximate surface area is 161 Å². The van der Waals surface area contributed by atoms with Crippen LogP contribution in [-0.2, 0) is 19.2 Å². The molecule has 3 rings (SSSR count). The summed E-state index contributed by atoms with van der Waals surface area (Å²) < 4.78 is 0. The number of anilines is 1. The summed E-state index contributed by atoms with van der Waals surface area (Å²) in [5.74, 6) is -1.89. The molecule has 2 amide bonds. The highest BCUT2D eigenvalue weighted by Crippen LogP contribution is 2.37. The average Bonchev–Trinajstić information content (AvgIpc) is 3.02. The van der Waals surface area contributed by atoms with Crippen molar-refractivity contribution >= 4 is 64.1 Å². The van der Waals surface area contributed by atoms with Crippen LogP contribution in [0, 0.1) is 0 Å². The Morgan fingerprint density at radius 2 is 2.27 bits per heavy atom. The number of halogens is 1. The topological polar surface area (TPSA) is 147 Å². The molecule has 13 heteroatoms. The number of hydrogen-bond donors (Lipinski definition) is 3. The molecule has 10 nitrogen and oxygen atoms in total. The van der Waals surface area contributed by atoms with Crippen molar-refractivity contribution in [1.29, 1.82) is 0 Å². The van der Waals surface area contributed by atoms with E-state index in [2.05, 4.69) is 20.3 Å². The number of β-lactam (4-membered cyclic amide) rings is 1. The third kappa shape index (κ3) is 3.48. The monoisotopic (exact) mass is 419 g/mol. The van der Waals surface area contributed by atoms with E-state index in [4.69, 9.17) is 10.8 Å². The van der Waals surface area contributed by atoms with Crippen molar-refractivity contribution in [2.75, 3.05) is 18.6 Å². The van der Waals surface area contributed by atoms with E-state index in [0.29, 0.717) is 5.75 Å².